The van der Waals surface area contributed by atoms with E-state index in [4.69, 9.17) is 0 Å². The van der Waals surface area contributed by atoms with Crippen molar-refractivity contribution in [1.82, 2.24) is 27.4 Å². The first-order valence-corrected chi connectivity index (χ1v) is 49.5. The lowest BCUT2D eigenvalue weighted by atomic mass is 9.98. The SMILES string of the molecule is c1ccc(-c2ccc(-n3c4ccccc4c4cc(-c5ccc(-c6ccc7c(c6)c6ccccc6n7-c6ccccc6)cc5)ccc43)cc2)cc1.c1ccc(-c2ccc(-n3c4ccccc4c4cc(-c5ccc6c(c5)c5ccccc5n6-c5ccccc5)ccc43)cc2)cc1.c1ccc(-c2ccc3c4cc(-c5ccc6c(c5)c5ccc(-c7ccccc7)cc5n6-c5ccccc5)ccc4n(-c4ccccc4)c3c2)cc1. The fraction of sp³-hybridized carbons (Fsp3) is 0. The Labute approximate surface area is 833 Å². The molecule has 6 aromatic heterocycles. The smallest absolute Gasteiger partial charge is 0.0547 e. The predicted octanol–water partition coefficient (Wildman–Crippen LogP) is 37.0. The average molecular weight is 1830 g/mol. The van der Waals surface area contributed by atoms with Gasteiger partial charge in [0.15, 0.2) is 0 Å². The molecular weight excluding hydrogens is 1740 g/mol. The van der Waals surface area contributed by atoms with Crippen LogP contribution in [0.4, 0.5) is 0 Å². The fourth-order valence-electron chi connectivity index (χ4n) is 22.3. The van der Waals surface area contributed by atoms with Gasteiger partial charge in [-0.15, -0.1) is 0 Å². The highest BCUT2D eigenvalue weighted by atomic mass is 15.0. The molecule has 6 nitrogen and oxygen atoms in total. The van der Waals surface area contributed by atoms with E-state index in [2.05, 4.69) is 586 Å². The van der Waals surface area contributed by atoms with Crippen molar-refractivity contribution < 1.29 is 0 Å². The molecule has 6 heterocycles. The monoisotopic (exact) mass is 1830 g/mol. The molecule has 0 atom stereocenters. The summed E-state index contributed by atoms with van der Waals surface area (Å²) in [6.07, 6.45) is 0. The molecule has 0 aliphatic rings. The van der Waals surface area contributed by atoms with Crippen molar-refractivity contribution in [1.29, 1.82) is 0 Å². The zero-order chi connectivity index (χ0) is 95.1. The van der Waals surface area contributed by atoms with Crippen LogP contribution in [0.1, 0.15) is 0 Å². The van der Waals surface area contributed by atoms with Crippen LogP contribution in [0.2, 0.25) is 0 Å². The van der Waals surface area contributed by atoms with Crippen LogP contribution in [-0.2, 0) is 0 Å². The van der Waals surface area contributed by atoms with Crippen molar-refractivity contribution in [3.63, 3.8) is 0 Å². The van der Waals surface area contributed by atoms with E-state index in [1.54, 1.807) is 0 Å². The maximum atomic E-state index is 2.40. The van der Waals surface area contributed by atoms with E-state index >= 15 is 0 Å². The number of fused-ring (bicyclic) bond motifs is 18. The second-order valence-electron chi connectivity index (χ2n) is 37.4. The maximum Gasteiger partial charge on any atom is 0.0547 e. The number of aromatic nitrogens is 6. The van der Waals surface area contributed by atoms with Gasteiger partial charge in [-0.1, -0.05) is 376 Å². The maximum absolute atomic E-state index is 2.40. The van der Waals surface area contributed by atoms with E-state index in [1.807, 2.05) is 0 Å². The molecule has 0 saturated heterocycles. The summed E-state index contributed by atoms with van der Waals surface area (Å²) in [5.74, 6) is 0. The number of benzene rings is 23. The van der Waals surface area contributed by atoms with Crippen molar-refractivity contribution in [3.05, 3.63) is 558 Å². The van der Waals surface area contributed by atoms with Gasteiger partial charge in [-0.2, -0.15) is 0 Å². The van der Waals surface area contributed by atoms with Gasteiger partial charge in [0.05, 0.1) is 66.2 Å². The lowest BCUT2D eigenvalue weighted by molar-refractivity contribution is 1.18. The summed E-state index contributed by atoms with van der Waals surface area (Å²) in [5.41, 5.74) is 41.1. The predicted molar refractivity (Wildman–Crippen MR) is 609 cm³/mol. The van der Waals surface area contributed by atoms with Gasteiger partial charge in [0.1, 0.15) is 0 Å². The van der Waals surface area contributed by atoms with Crippen LogP contribution < -0.4 is 0 Å². The van der Waals surface area contributed by atoms with Crippen LogP contribution in [0, 0.1) is 0 Å². The third-order valence-electron chi connectivity index (χ3n) is 29.2. The van der Waals surface area contributed by atoms with E-state index < -0.39 is 0 Å². The van der Waals surface area contributed by atoms with Gasteiger partial charge in [-0.25, -0.2) is 0 Å². The molecule has 0 saturated carbocycles. The second-order valence-corrected chi connectivity index (χ2v) is 37.4. The minimum atomic E-state index is 1.16. The lowest BCUT2D eigenvalue weighted by Gasteiger charge is -2.10. The molecule has 29 rings (SSSR count). The highest BCUT2D eigenvalue weighted by Gasteiger charge is 2.24. The van der Waals surface area contributed by atoms with Crippen molar-refractivity contribution in [2.24, 2.45) is 0 Å². The molecule has 0 bridgehead atoms. The number of hydrogen-bond donors (Lipinski definition) is 0. The first-order chi connectivity index (χ1) is 71.4. The Kier molecular flexibility index (Phi) is 20.9. The summed E-state index contributed by atoms with van der Waals surface area (Å²) in [4.78, 5) is 0. The average Bonchev–Trinajstić information content (AvgIpc) is 1.60. The Morgan fingerprint density at radius 2 is 0.215 bits per heavy atom. The van der Waals surface area contributed by atoms with E-state index in [-0.39, 0.29) is 0 Å². The van der Waals surface area contributed by atoms with Crippen molar-refractivity contribution >= 4 is 131 Å². The topological polar surface area (TPSA) is 29.6 Å². The van der Waals surface area contributed by atoms with Gasteiger partial charge in [0, 0.05) is 98.8 Å². The van der Waals surface area contributed by atoms with Crippen LogP contribution in [-0.4, -0.2) is 27.4 Å². The quantitative estimate of drug-likeness (QED) is 0.104. The zero-order valence-corrected chi connectivity index (χ0v) is 78.8. The molecule has 0 fully saturated rings. The molecule has 23 aromatic carbocycles. The zero-order valence-electron chi connectivity index (χ0n) is 78.8. The highest BCUT2D eigenvalue weighted by molar-refractivity contribution is 6.17. The summed E-state index contributed by atoms with van der Waals surface area (Å²) < 4.78 is 14.3. The Hall–Kier alpha value is -19.1. The molecule has 29 aromatic rings. The Balaban J connectivity index is 0.000000108. The second kappa shape index (κ2) is 35.7. The van der Waals surface area contributed by atoms with E-state index in [9.17, 15) is 0 Å². The summed E-state index contributed by atoms with van der Waals surface area (Å²) in [6, 6.07) is 202. The molecule has 0 amide bonds. The first-order valence-electron chi connectivity index (χ1n) is 49.5. The van der Waals surface area contributed by atoms with Crippen molar-refractivity contribution in [2.45, 2.75) is 0 Å². The molecule has 0 aliphatic heterocycles. The number of rotatable bonds is 14. The molecule has 0 aliphatic carbocycles. The normalized spacial score (nSPS) is 11.6. The summed E-state index contributed by atoms with van der Waals surface area (Å²) in [5, 5.41) is 15.1. The highest BCUT2D eigenvalue weighted by Crippen LogP contribution is 2.46. The summed E-state index contributed by atoms with van der Waals surface area (Å²) in [7, 11) is 0. The fourth-order valence-corrected chi connectivity index (χ4v) is 22.3. The number of nitrogens with zero attached hydrogens (tertiary/aromatic N) is 6. The Morgan fingerprint density at radius 3 is 0.458 bits per heavy atom. The largest absolute Gasteiger partial charge is 0.309 e. The molecule has 0 N–H and O–H groups in total. The third-order valence-corrected chi connectivity index (χ3v) is 29.2. The molecule has 144 heavy (non-hydrogen) atoms. The lowest BCUT2D eigenvalue weighted by Crippen LogP contribution is -1.93. The molecule has 0 radical (unpaired) electrons. The minimum absolute atomic E-state index is 1.16. The van der Waals surface area contributed by atoms with Gasteiger partial charge in [-0.05, 0) is 271 Å². The molecule has 0 spiro atoms. The molecule has 674 valence electrons. The van der Waals surface area contributed by atoms with Gasteiger partial charge in [-0.3, -0.25) is 0 Å². The summed E-state index contributed by atoms with van der Waals surface area (Å²) in [6.45, 7) is 0. The molecular formula is C138H92N6. The Morgan fingerprint density at radius 1 is 0.0764 bits per heavy atom. The van der Waals surface area contributed by atoms with E-state index in [1.165, 1.54) is 237 Å². The minimum Gasteiger partial charge on any atom is -0.309 e. The molecule has 0 unspecified atom stereocenters. The summed E-state index contributed by atoms with van der Waals surface area (Å²) >= 11 is 0. The standard InChI is InChI=1S/2C48H32N2.C42H28N2/c1-5-13-33(14-6-1)37-21-25-41-43-29-35(23-27-45(43)49(47(41)31-37)39-17-9-3-10-18-39)36-24-28-46-44(30-36)42-26-22-38(34-15-7-2-8-16-34)32-48(42)50(46)40-19-11-4-12-20-40;1-3-11-33(12-4-1)34-23-27-40(28-24-34)50-46-18-10-8-16-42(46)44-32-38(26-30-48(44)50)36-21-19-35(20-22-36)37-25-29-47-43(31-37)41-15-7-9-17-45(41)49(47)39-13-5-2-6-14-39;1-3-11-29(12-4-1)30-19-23-34(24-20-30)44-40-18-10-8-16-36(40)38-28-32(22-26-42(38)44)31-21-25-41-37(27-31)35-15-7-9-17-39(35)43(41)33-13-5-2-6-14-33/h2*1-32H;1-28H. The van der Waals surface area contributed by atoms with E-state index in [0.29, 0.717) is 0 Å². The third kappa shape index (κ3) is 14.8. The van der Waals surface area contributed by atoms with Gasteiger partial charge < -0.3 is 27.4 Å². The molecule has 6 heteroatoms. The van der Waals surface area contributed by atoms with Crippen LogP contribution in [0.15, 0.2) is 558 Å². The van der Waals surface area contributed by atoms with Crippen LogP contribution in [0.25, 0.3) is 254 Å². The van der Waals surface area contributed by atoms with Gasteiger partial charge in [0.25, 0.3) is 0 Å². The van der Waals surface area contributed by atoms with Gasteiger partial charge in [0.2, 0.25) is 0 Å². The van der Waals surface area contributed by atoms with E-state index in [0.717, 1.165) is 17.1 Å². The van der Waals surface area contributed by atoms with Crippen molar-refractivity contribution in [2.75, 3.05) is 0 Å². The van der Waals surface area contributed by atoms with Crippen LogP contribution >= 0.6 is 0 Å². The Bertz CT molecular complexity index is 9730. The van der Waals surface area contributed by atoms with Crippen LogP contribution in [0.5, 0.6) is 0 Å². The first kappa shape index (κ1) is 84.2. The van der Waals surface area contributed by atoms with Crippen molar-refractivity contribution in [3.8, 4) is 123 Å². The van der Waals surface area contributed by atoms with Crippen LogP contribution in [0.3, 0.4) is 0 Å². The number of para-hydroxylation sites is 8. The van der Waals surface area contributed by atoms with Gasteiger partial charge >= 0.3 is 0 Å². The number of hydrogen-bond acceptors (Lipinski definition) is 0.